The van der Waals surface area contributed by atoms with Crippen LogP contribution in [0.4, 0.5) is 0 Å². The van der Waals surface area contributed by atoms with Crippen LogP contribution in [0.2, 0.25) is 0 Å². The Kier molecular flexibility index (Phi) is 6.43. The van der Waals surface area contributed by atoms with Crippen molar-refractivity contribution < 1.29 is 9.90 Å². The molecule has 0 heterocycles. The molecule has 0 unspecified atom stereocenters. The zero-order valence-corrected chi connectivity index (χ0v) is 12.7. The van der Waals surface area contributed by atoms with Gasteiger partial charge in [-0.1, -0.05) is 66.7 Å². The second-order valence-electron chi connectivity index (χ2n) is 5.45. The first kappa shape index (κ1) is 16.0. The minimum absolute atomic E-state index is 0.264. The van der Waals surface area contributed by atoms with E-state index in [1.165, 1.54) is 16.7 Å². The van der Waals surface area contributed by atoms with Crippen LogP contribution in [0.25, 0.3) is 6.08 Å². The van der Waals surface area contributed by atoms with Crippen LogP contribution in [-0.4, -0.2) is 11.1 Å². The molecule has 0 spiro atoms. The summed E-state index contributed by atoms with van der Waals surface area (Å²) in [7, 11) is 0. The van der Waals surface area contributed by atoms with Crippen LogP contribution in [0, 0.1) is 0 Å². The zero-order valence-electron chi connectivity index (χ0n) is 12.7. The molecular weight excluding hydrogens is 272 g/mol. The van der Waals surface area contributed by atoms with Crippen LogP contribution in [0.15, 0.2) is 60.7 Å². The molecule has 0 saturated heterocycles. The van der Waals surface area contributed by atoms with Crippen molar-refractivity contribution in [1.82, 2.24) is 0 Å². The molecule has 2 rings (SSSR count). The predicted octanol–water partition coefficient (Wildman–Crippen LogP) is 4.94. The number of rotatable bonds is 8. The summed E-state index contributed by atoms with van der Waals surface area (Å²) in [5.41, 5.74) is 3.82. The van der Waals surface area contributed by atoms with E-state index in [-0.39, 0.29) is 6.42 Å². The quantitative estimate of drug-likeness (QED) is 0.700. The molecule has 22 heavy (non-hydrogen) atoms. The Hall–Kier alpha value is -2.35. The van der Waals surface area contributed by atoms with Crippen molar-refractivity contribution in [3.8, 4) is 0 Å². The third-order valence-electron chi connectivity index (χ3n) is 3.52. The molecule has 0 amide bonds. The van der Waals surface area contributed by atoms with Crippen molar-refractivity contribution in [2.75, 3.05) is 0 Å². The zero-order chi connectivity index (χ0) is 15.6. The number of hydrogen-bond donors (Lipinski definition) is 1. The maximum Gasteiger partial charge on any atom is 0.303 e. The summed E-state index contributed by atoms with van der Waals surface area (Å²) in [6, 6.07) is 19.0. The van der Waals surface area contributed by atoms with Gasteiger partial charge in [0.15, 0.2) is 0 Å². The van der Waals surface area contributed by atoms with Crippen molar-refractivity contribution in [3.63, 3.8) is 0 Å². The lowest BCUT2D eigenvalue weighted by Gasteiger charge is -2.03. The van der Waals surface area contributed by atoms with Crippen LogP contribution >= 0.6 is 0 Å². The van der Waals surface area contributed by atoms with E-state index in [1.54, 1.807) is 0 Å². The van der Waals surface area contributed by atoms with Gasteiger partial charge in [-0.15, -0.1) is 0 Å². The third-order valence-corrected chi connectivity index (χ3v) is 3.52. The Morgan fingerprint density at radius 3 is 2.50 bits per heavy atom. The molecule has 0 aliphatic heterocycles. The molecule has 0 aliphatic rings. The number of benzene rings is 2. The second-order valence-corrected chi connectivity index (χ2v) is 5.45. The Labute approximate surface area is 132 Å². The standard InChI is InChI=1S/C20H22O2/c21-20(22)14-7-2-1-4-9-18-12-8-13-19(16-18)15-17-10-5-3-6-11-17/h3-6,8-13,16H,1-2,7,14-15H2,(H,21,22). The van der Waals surface area contributed by atoms with E-state index in [9.17, 15) is 4.79 Å². The average molecular weight is 294 g/mol. The van der Waals surface area contributed by atoms with Gasteiger partial charge in [-0.25, -0.2) is 0 Å². The van der Waals surface area contributed by atoms with E-state index in [2.05, 4.69) is 60.7 Å². The van der Waals surface area contributed by atoms with Crippen molar-refractivity contribution in [2.24, 2.45) is 0 Å². The molecule has 0 saturated carbocycles. The summed E-state index contributed by atoms with van der Waals surface area (Å²) in [6.45, 7) is 0. The van der Waals surface area contributed by atoms with E-state index in [0.29, 0.717) is 0 Å². The Morgan fingerprint density at radius 2 is 1.73 bits per heavy atom. The molecule has 0 fully saturated rings. The topological polar surface area (TPSA) is 37.3 Å². The first-order valence-corrected chi connectivity index (χ1v) is 7.75. The van der Waals surface area contributed by atoms with E-state index in [1.807, 2.05) is 6.07 Å². The monoisotopic (exact) mass is 294 g/mol. The van der Waals surface area contributed by atoms with Crippen LogP contribution in [0.1, 0.15) is 42.4 Å². The molecule has 0 radical (unpaired) electrons. The summed E-state index contributed by atoms with van der Waals surface area (Å²) >= 11 is 0. The molecule has 0 atom stereocenters. The number of carbonyl (C=O) groups is 1. The van der Waals surface area contributed by atoms with E-state index in [0.717, 1.165) is 25.7 Å². The van der Waals surface area contributed by atoms with Crippen LogP contribution in [0.3, 0.4) is 0 Å². The summed E-state index contributed by atoms with van der Waals surface area (Å²) in [4.78, 5) is 10.4. The van der Waals surface area contributed by atoms with Gasteiger partial charge in [-0.05, 0) is 42.4 Å². The molecule has 2 aromatic carbocycles. The fourth-order valence-electron chi connectivity index (χ4n) is 2.40. The number of unbranched alkanes of at least 4 members (excludes halogenated alkanes) is 2. The number of allylic oxidation sites excluding steroid dienone is 1. The van der Waals surface area contributed by atoms with Gasteiger partial charge in [0, 0.05) is 6.42 Å². The van der Waals surface area contributed by atoms with Crippen molar-refractivity contribution in [3.05, 3.63) is 77.4 Å². The molecular formula is C20H22O2. The highest BCUT2D eigenvalue weighted by molar-refractivity contribution is 5.66. The molecule has 0 aliphatic carbocycles. The van der Waals surface area contributed by atoms with Gasteiger partial charge in [0.2, 0.25) is 0 Å². The van der Waals surface area contributed by atoms with Gasteiger partial charge in [0.25, 0.3) is 0 Å². The van der Waals surface area contributed by atoms with Gasteiger partial charge < -0.3 is 5.11 Å². The van der Waals surface area contributed by atoms with Crippen molar-refractivity contribution in [1.29, 1.82) is 0 Å². The van der Waals surface area contributed by atoms with Gasteiger partial charge >= 0.3 is 5.97 Å². The third kappa shape index (κ3) is 5.96. The van der Waals surface area contributed by atoms with Gasteiger partial charge in [-0.2, -0.15) is 0 Å². The lowest BCUT2D eigenvalue weighted by atomic mass is 10.0. The minimum atomic E-state index is -0.711. The highest BCUT2D eigenvalue weighted by Crippen LogP contribution is 2.13. The maximum atomic E-state index is 10.4. The van der Waals surface area contributed by atoms with Crippen LogP contribution in [-0.2, 0) is 11.2 Å². The Morgan fingerprint density at radius 1 is 0.955 bits per heavy atom. The average Bonchev–Trinajstić information content (AvgIpc) is 2.52. The maximum absolute atomic E-state index is 10.4. The fraction of sp³-hybridized carbons (Fsp3) is 0.250. The molecule has 1 N–H and O–H groups in total. The Balaban J connectivity index is 1.84. The summed E-state index contributed by atoms with van der Waals surface area (Å²) in [6.07, 6.45) is 8.05. The number of hydrogen-bond acceptors (Lipinski definition) is 1. The second kappa shape index (κ2) is 8.83. The SMILES string of the molecule is O=C(O)CCCCC=Cc1cccc(Cc2ccccc2)c1. The molecule has 114 valence electrons. The van der Waals surface area contributed by atoms with Crippen molar-refractivity contribution in [2.45, 2.75) is 32.1 Å². The lowest BCUT2D eigenvalue weighted by Crippen LogP contribution is -1.92. The molecule has 2 heteroatoms. The molecule has 0 bridgehead atoms. The van der Waals surface area contributed by atoms with E-state index in [4.69, 9.17) is 5.11 Å². The minimum Gasteiger partial charge on any atom is -0.481 e. The van der Waals surface area contributed by atoms with Crippen LogP contribution in [0.5, 0.6) is 0 Å². The van der Waals surface area contributed by atoms with Gasteiger partial charge in [-0.3, -0.25) is 4.79 Å². The summed E-state index contributed by atoms with van der Waals surface area (Å²) in [5, 5.41) is 8.58. The number of carboxylic acid groups (broad SMARTS) is 1. The molecule has 2 aromatic rings. The fourth-order valence-corrected chi connectivity index (χ4v) is 2.40. The summed E-state index contributed by atoms with van der Waals surface area (Å²) in [5.74, 6) is -0.711. The number of aliphatic carboxylic acids is 1. The summed E-state index contributed by atoms with van der Waals surface area (Å²) < 4.78 is 0. The normalized spacial score (nSPS) is 10.9. The Bertz CT molecular complexity index is 615. The highest BCUT2D eigenvalue weighted by atomic mass is 16.4. The van der Waals surface area contributed by atoms with E-state index >= 15 is 0 Å². The first-order chi connectivity index (χ1) is 10.7. The molecule has 2 nitrogen and oxygen atoms in total. The van der Waals surface area contributed by atoms with E-state index < -0.39 is 5.97 Å². The lowest BCUT2D eigenvalue weighted by molar-refractivity contribution is -0.137. The largest absolute Gasteiger partial charge is 0.481 e. The van der Waals surface area contributed by atoms with Crippen molar-refractivity contribution >= 4 is 12.0 Å². The van der Waals surface area contributed by atoms with Gasteiger partial charge in [0.1, 0.15) is 0 Å². The molecule has 0 aromatic heterocycles. The first-order valence-electron chi connectivity index (χ1n) is 7.75. The highest BCUT2D eigenvalue weighted by Gasteiger charge is 1.97. The number of carboxylic acids is 1. The van der Waals surface area contributed by atoms with Crippen LogP contribution < -0.4 is 0 Å². The predicted molar refractivity (Wildman–Crippen MR) is 90.8 cm³/mol. The smallest absolute Gasteiger partial charge is 0.303 e. The van der Waals surface area contributed by atoms with Gasteiger partial charge in [0.05, 0.1) is 0 Å².